The quantitative estimate of drug-likeness (QED) is 0.826. The molecule has 1 aliphatic heterocycles. The Balaban J connectivity index is 1.58. The molecule has 1 aliphatic carbocycles. The third-order valence-electron chi connectivity index (χ3n) is 4.48. The van der Waals surface area contributed by atoms with Crippen molar-refractivity contribution in [2.24, 2.45) is 5.73 Å². The Hall–Kier alpha value is -1.13. The van der Waals surface area contributed by atoms with Gasteiger partial charge >= 0.3 is 0 Å². The summed E-state index contributed by atoms with van der Waals surface area (Å²) in [5.41, 5.74) is 14.0. The van der Waals surface area contributed by atoms with Crippen LogP contribution in [0.5, 0.6) is 0 Å². The van der Waals surface area contributed by atoms with E-state index in [1.165, 1.54) is 31.2 Å². The highest BCUT2D eigenvalue weighted by Crippen LogP contribution is 2.37. The topological polar surface area (TPSA) is 68.2 Å². The second-order valence-electron chi connectivity index (χ2n) is 5.72. The Labute approximate surface area is 108 Å². The molecule has 98 valence electrons. The molecule has 1 aromatic rings. The molecule has 0 unspecified atom stereocenters. The number of likely N-dealkylation sites (tertiary alicyclic amines) is 1. The minimum absolute atomic E-state index is 0.414. The number of hydrogen-bond acceptors (Lipinski definition) is 4. The van der Waals surface area contributed by atoms with Crippen molar-refractivity contribution in [3.8, 4) is 0 Å². The van der Waals surface area contributed by atoms with Gasteiger partial charge < -0.3 is 11.5 Å². The smallest absolute Gasteiger partial charge is 0.0380 e. The first-order valence-electron chi connectivity index (χ1n) is 6.93. The highest BCUT2D eigenvalue weighted by Gasteiger charge is 2.33. The van der Waals surface area contributed by atoms with Crippen LogP contribution in [0.1, 0.15) is 37.2 Å². The largest absolute Gasteiger partial charge is 0.398 e. The predicted molar refractivity (Wildman–Crippen MR) is 73.2 cm³/mol. The van der Waals surface area contributed by atoms with Gasteiger partial charge in [-0.05, 0) is 43.2 Å². The Kier molecular flexibility index (Phi) is 3.22. The minimum Gasteiger partial charge on any atom is -0.398 e. The summed E-state index contributed by atoms with van der Waals surface area (Å²) in [5.74, 6) is 0.602. The van der Waals surface area contributed by atoms with Gasteiger partial charge in [0.05, 0.1) is 0 Å². The van der Waals surface area contributed by atoms with Gasteiger partial charge in [0.25, 0.3) is 0 Å². The summed E-state index contributed by atoms with van der Waals surface area (Å²) in [7, 11) is 0. The minimum atomic E-state index is 0.414. The highest BCUT2D eigenvalue weighted by atomic mass is 15.2. The van der Waals surface area contributed by atoms with Gasteiger partial charge in [-0.2, -0.15) is 0 Å². The van der Waals surface area contributed by atoms with E-state index in [1.54, 1.807) is 6.20 Å². The Bertz CT molecular complexity index is 406. The van der Waals surface area contributed by atoms with Crippen molar-refractivity contribution >= 4 is 5.69 Å². The molecule has 0 bridgehead atoms. The van der Waals surface area contributed by atoms with Gasteiger partial charge in [-0.1, -0.05) is 0 Å². The molecular formula is C14H22N4. The summed E-state index contributed by atoms with van der Waals surface area (Å²) in [6.07, 6.45) is 8.71. The lowest BCUT2D eigenvalue weighted by atomic mass is 9.80. The normalized spacial score (nSPS) is 30.1. The van der Waals surface area contributed by atoms with Gasteiger partial charge in [0, 0.05) is 43.3 Å². The third-order valence-corrected chi connectivity index (χ3v) is 4.48. The van der Waals surface area contributed by atoms with Crippen LogP contribution in [0.2, 0.25) is 0 Å². The van der Waals surface area contributed by atoms with E-state index in [-0.39, 0.29) is 0 Å². The lowest BCUT2D eigenvalue weighted by Gasteiger charge is -2.45. The van der Waals surface area contributed by atoms with E-state index in [0.29, 0.717) is 12.0 Å². The average molecular weight is 246 g/mol. The molecule has 1 saturated carbocycles. The van der Waals surface area contributed by atoms with E-state index in [1.807, 2.05) is 12.3 Å². The zero-order valence-electron chi connectivity index (χ0n) is 10.8. The molecule has 0 atom stereocenters. The second-order valence-corrected chi connectivity index (χ2v) is 5.72. The second kappa shape index (κ2) is 4.86. The van der Waals surface area contributed by atoms with Crippen molar-refractivity contribution < 1.29 is 0 Å². The van der Waals surface area contributed by atoms with E-state index in [2.05, 4.69) is 9.88 Å². The maximum atomic E-state index is 6.03. The Morgan fingerprint density at radius 1 is 1.17 bits per heavy atom. The van der Waals surface area contributed by atoms with Crippen LogP contribution in [0.3, 0.4) is 0 Å². The fourth-order valence-electron chi connectivity index (χ4n) is 3.36. The van der Waals surface area contributed by atoms with Crippen molar-refractivity contribution in [3.05, 3.63) is 24.0 Å². The number of aromatic nitrogens is 1. The number of nitrogen functional groups attached to an aromatic ring is 1. The van der Waals surface area contributed by atoms with E-state index >= 15 is 0 Å². The molecule has 18 heavy (non-hydrogen) atoms. The van der Waals surface area contributed by atoms with Crippen molar-refractivity contribution in [1.29, 1.82) is 0 Å². The van der Waals surface area contributed by atoms with Crippen molar-refractivity contribution in [2.45, 2.75) is 43.7 Å². The van der Waals surface area contributed by atoms with Crippen LogP contribution in [0, 0.1) is 0 Å². The first-order chi connectivity index (χ1) is 8.74. The van der Waals surface area contributed by atoms with Crippen LogP contribution in [0.4, 0.5) is 5.69 Å². The molecule has 2 fully saturated rings. The zero-order chi connectivity index (χ0) is 12.5. The lowest BCUT2D eigenvalue weighted by molar-refractivity contribution is 0.0679. The molecule has 4 heteroatoms. The van der Waals surface area contributed by atoms with Gasteiger partial charge in [-0.15, -0.1) is 0 Å². The molecule has 0 spiro atoms. The molecule has 1 saturated heterocycles. The molecule has 4 N–H and O–H groups in total. The number of pyridine rings is 1. The van der Waals surface area contributed by atoms with Crippen LogP contribution in [0.15, 0.2) is 18.5 Å². The maximum absolute atomic E-state index is 6.03. The Morgan fingerprint density at radius 3 is 2.50 bits per heavy atom. The van der Waals surface area contributed by atoms with E-state index in [4.69, 9.17) is 11.5 Å². The predicted octanol–water partition coefficient (Wildman–Crippen LogP) is 1.33. The van der Waals surface area contributed by atoms with Crippen LogP contribution >= 0.6 is 0 Å². The number of nitrogens with two attached hydrogens (primary N) is 2. The van der Waals surface area contributed by atoms with E-state index in [9.17, 15) is 0 Å². The fourth-order valence-corrected chi connectivity index (χ4v) is 3.36. The fraction of sp³-hybridized carbons (Fsp3) is 0.643. The standard InChI is InChI=1S/C14H22N4/c15-11-8-18(9-11)12-3-1-10(2-4-12)13-7-17-6-5-14(13)16/h5-7,10-12H,1-4,8-9,15H2,(H2,16,17). The van der Waals surface area contributed by atoms with Gasteiger partial charge in [-0.3, -0.25) is 9.88 Å². The SMILES string of the molecule is Nc1ccncc1C1CCC(N2CC(N)C2)CC1. The molecule has 2 aliphatic rings. The summed E-state index contributed by atoms with van der Waals surface area (Å²) >= 11 is 0. The molecule has 0 aromatic carbocycles. The highest BCUT2D eigenvalue weighted by molar-refractivity contribution is 5.46. The van der Waals surface area contributed by atoms with Gasteiger partial charge in [0.15, 0.2) is 0 Å². The van der Waals surface area contributed by atoms with Crippen LogP contribution in [0.25, 0.3) is 0 Å². The monoisotopic (exact) mass is 246 g/mol. The summed E-state index contributed by atoms with van der Waals surface area (Å²) in [6.45, 7) is 2.18. The maximum Gasteiger partial charge on any atom is 0.0380 e. The van der Waals surface area contributed by atoms with E-state index < -0.39 is 0 Å². The van der Waals surface area contributed by atoms with Crippen LogP contribution in [-0.2, 0) is 0 Å². The molecular weight excluding hydrogens is 224 g/mol. The van der Waals surface area contributed by atoms with Gasteiger partial charge in [-0.25, -0.2) is 0 Å². The molecule has 0 radical (unpaired) electrons. The van der Waals surface area contributed by atoms with Crippen molar-refractivity contribution in [3.63, 3.8) is 0 Å². The summed E-state index contributed by atoms with van der Waals surface area (Å²) < 4.78 is 0. The van der Waals surface area contributed by atoms with E-state index in [0.717, 1.165) is 24.8 Å². The Morgan fingerprint density at radius 2 is 1.89 bits per heavy atom. The molecule has 2 heterocycles. The molecule has 3 rings (SSSR count). The average Bonchev–Trinajstić information content (AvgIpc) is 2.36. The molecule has 0 amide bonds. The first-order valence-corrected chi connectivity index (χ1v) is 6.93. The number of nitrogens with zero attached hydrogens (tertiary/aromatic N) is 2. The van der Waals surface area contributed by atoms with Gasteiger partial charge in [0.2, 0.25) is 0 Å². The van der Waals surface area contributed by atoms with Crippen LogP contribution < -0.4 is 11.5 Å². The lowest BCUT2D eigenvalue weighted by Crippen LogP contribution is -2.59. The van der Waals surface area contributed by atoms with Crippen LogP contribution in [-0.4, -0.2) is 35.1 Å². The zero-order valence-corrected chi connectivity index (χ0v) is 10.8. The number of rotatable bonds is 2. The summed E-state index contributed by atoms with van der Waals surface area (Å²) in [4.78, 5) is 6.74. The summed E-state index contributed by atoms with van der Waals surface area (Å²) in [6, 6.07) is 3.08. The first kappa shape index (κ1) is 11.9. The van der Waals surface area contributed by atoms with Gasteiger partial charge in [0.1, 0.15) is 0 Å². The third kappa shape index (κ3) is 2.22. The number of anilines is 1. The molecule has 4 nitrogen and oxygen atoms in total. The molecule has 1 aromatic heterocycles. The van der Waals surface area contributed by atoms with Crippen molar-refractivity contribution in [2.75, 3.05) is 18.8 Å². The summed E-state index contributed by atoms with van der Waals surface area (Å²) in [5, 5.41) is 0. The number of hydrogen-bond donors (Lipinski definition) is 2. The van der Waals surface area contributed by atoms with Crippen molar-refractivity contribution in [1.82, 2.24) is 9.88 Å².